The Morgan fingerprint density at radius 3 is 2.48 bits per heavy atom. The van der Waals surface area contributed by atoms with Crippen LogP contribution in [0.1, 0.15) is 43.6 Å². The van der Waals surface area contributed by atoms with Crippen LogP contribution in [-0.4, -0.2) is 50.0 Å². The summed E-state index contributed by atoms with van der Waals surface area (Å²) in [5.41, 5.74) is 0.960. The highest BCUT2D eigenvalue weighted by Crippen LogP contribution is 2.38. The number of aromatic nitrogens is 1. The number of rotatable bonds is 5. The fraction of sp³-hybridized carbons (Fsp3) is 0.529. The molecular formula is C17H24BClN2O4. The minimum atomic E-state index is -0.529. The van der Waals surface area contributed by atoms with Crippen LogP contribution in [-0.2, 0) is 14.0 Å². The Morgan fingerprint density at radius 2 is 1.96 bits per heavy atom. The zero-order chi connectivity index (χ0) is 18.8. The van der Waals surface area contributed by atoms with Crippen molar-refractivity contribution in [2.45, 2.75) is 38.9 Å². The van der Waals surface area contributed by atoms with E-state index >= 15 is 0 Å². The smallest absolute Gasteiger partial charge is 0.465 e. The Bertz CT molecular complexity index is 675. The Balaban J connectivity index is 2.37. The van der Waals surface area contributed by atoms with Crippen LogP contribution in [0, 0.1) is 0 Å². The number of carbonyl (C=O) groups excluding carboxylic acids is 1. The lowest BCUT2D eigenvalue weighted by molar-refractivity contribution is 0.00578. The SMILES string of the molecule is CNCC(=Cc1cnc(Cl)c(C(=O)OC)c1)B1OC(C)(C)C(C)(C)O1. The summed E-state index contributed by atoms with van der Waals surface area (Å²) >= 11 is 5.98. The zero-order valence-corrected chi connectivity index (χ0v) is 16.2. The first kappa shape index (κ1) is 19.9. The third-order valence-electron chi connectivity index (χ3n) is 4.55. The van der Waals surface area contributed by atoms with Gasteiger partial charge in [0, 0.05) is 12.7 Å². The number of hydrogen-bond donors (Lipinski definition) is 1. The summed E-state index contributed by atoms with van der Waals surface area (Å²) in [7, 11) is 2.66. The molecule has 1 fully saturated rings. The Morgan fingerprint density at radius 1 is 1.36 bits per heavy atom. The highest BCUT2D eigenvalue weighted by Gasteiger charge is 2.52. The molecule has 0 spiro atoms. The van der Waals surface area contributed by atoms with Gasteiger partial charge in [-0.25, -0.2) is 9.78 Å². The van der Waals surface area contributed by atoms with Crippen molar-refractivity contribution in [2.24, 2.45) is 0 Å². The van der Waals surface area contributed by atoms with Crippen molar-refractivity contribution in [2.75, 3.05) is 20.7 Å². The second-order valence-corrected chi connectivity index (χ2v) is 7.29. The van der Waals surface area contributed by atoms with Crippen LogP contribution in [0.4, 0.5) is 0 Å². The maximum absolute atomic E-state index is 11.8. The second kappa shape index (κ2) is 7.46. The second-order valence-electron chi connectivity index (χ2n) is 6.94. The summed E-state index contributed by atoms with van der Waals surface area (Å²) in [6, 6.07) is 1.64. The van der Waals surface area contributed by atoms with E-state index in [0.29, 0.717) is 12.1 Å². The summed E-state index contributed by atoms with van der Waals surface area (Å²) in [6.07, 6.45) is 3.48. The molecule has 0 saturated carbocycles. The fourth-order valence-electron chi connectivity index (χ4n) is 2.41. The predicted octanol–water partition coefficient (Wildman–Crippen LogP) is 2.76. The van der Waals surface area contributed by atoms with Gasteiger partial charge in [-0.3, -0.25) is 0 Å². The largest absolute Gasteiger partial charge is 0.491 e. The van der Waals surface area contributed by atoms with Gasteiger partial charge in [0.05, 0.1) is 23.9 Å². The van der Waals surface area contributed by atoms with E-state index in [1.165, 1.54) is 7.11 Å². The average Bonchev–Trinajstić information content (AvgIpc) is 2.76. The van der Waals surface area contributed by atoms with Gasteiger partial charge in [0.1, 0.15) is 5.15 Å². The molecule has 25 heavy (non-hydrogen) atoms. The molecule has 136 valence electrons. The van der Waals surface area contributed by atoms with Crippen molar-refractivity contribution in [1.29, 1.82) is 0 Å². The molecule has 0 aromatic carbocycles. The van der Waals surface area contributed by atoms with E-state index in [2.05, 4.69) is 10.3 Å². The molecule has 1 aliphatic rings. The van der Waals surface area contributed by atoms with Gasteiger partial charge in [-0.15, -0.1) is 0 Å². The van der Waals surface area contributed by atoms with Gasteiger partial charge in [0.25, 0.3) is 0 Å². The first-order chi connectivity index (χ1) is 11.6. The van der Waals surface area contributed by atoms with E-state index in [-0.39, 0.29) is 10.7 Å². The highest BCUT2D eigenvalue weighted by molar-refractivity contribution is 6.56. The highest BCUT2D eigenvalue weighted by atomic mass is 35.5. The number of carbonyl (C=O) groups is 1. The summed E-state index contributed by atoms with van der Waals surface area (Å²) in [5.74, 6) is -0.529. The number of ether oxygens (including phenoxy) is 1. The van der Waals surface area contributed by atoms with Crippen molar-refractivity contribution in [3.8, 4) is 0 Å². The Kier molecular flexibility index (Phi) is 5.94. The van der Waals surface area contributed by atoms with Crippen molar-refractivity contribution in [1.82, 2.24) is 10.3 Å². The maximum atomic E-state index is 11.8. The first-order valence-corrected chi connectivity index (χ1v) is 8.43. The minimum Gasteiger partial charge on any atom is -0.465 e. The minimum absolute atomic E-state index is 0.106. The molecule has 0 unspecified atom stereocenters. The van der Waals surface area contributed by atoms with Crippen LogP contribution in [0.3, 0.4) is 0 Å². The first-order valence-electron chi connectivity index (χ1n) is 8.06. The molecule has 0 aliphatic carbocycles. The lowest BCUT2D eigenvalue weighted by atomic mass is 9.77. The topological polar surface area (TPSA) is 69.7 Å². The van der Waals surface area contributed by atoms with Crippen LogP contribution in [0.25, 0.3) is 6.08 Å². The van der Waals surface area contributed by atoms with Gasteiger partial charge in [-0.1, -0.05) is 17.7 Å². The lowest BCUT2D eigenvalue weighted by Crippen LogP contribution is -2.41. The maximum Gasteiger partial charge on any atom is 0.491 e. The third-order valence-corrected chi connectivity index (χ3v) is 4.86. The molecule has 2 heterocycles. The van der Waals surface area contributed by atoms with E-state index in [1.54, 1.807) is 12.3 Å². The van der Waals surface area contributed by atoms with Crippen LogP contribution in [0.2, 0.25) is 5.15 Å². The zero-order valence-electron chi connectivity index (χ0n) is 15.5. The molecular weight excluding hydrogens is 342 g/mol. The summed E-state index contributed by atoms with van der Waals surface area (Å²) in [6.45, 7) is 8.58. The molecule has 1 aromatic rings. The van der Waals surface area contributed by atoms with Gasteiger partial charge in [0.15, 0.2) is 0 Å². The van der Waals surface area contributed by atoms with Gasteiger partial charge < -0.3 is 19.4 Å². The molecule has 1 N–H and O–H groups in total. The number of pyridine rings is 1. The van der Waals surface area contributed by atoms with Gasteiger partial charge in [0.2, 0.25) is 0 Å². The quantitative estimate of drug-likeness (QED) is 0.491. The van der Waals surface area contributed by atoms with Gasteiger partial charge in [-0.2, -0.15) is 0 Å². The van der Waals surface area contributed by atoms with E-state index in [0.717, 1.165) is 5.47 Å². The predicted molar refractivity (Wildman–Crippen MR) is 98.6 cm³/mol. The number of nitrogens with zero attached hydrogens (tertiary/aromatic N) is 1. The van der Waals surface area contributed by atoms with Gasteiger partial charge >= 0.3 is 13.1 Å². The normalized spacial score (nSPS) is 19.2. The molecule has 0 radical (unpaired) electrons. The number of esters is 1. The van der Waals surface area contributed by atoms with Crippen LogP contribution < -0.4 is 5.32 Å². The van der Waals surface area contributed by atoms with Gasteiger partial charge in [-0.05, 0) is 51.8 Å². The molecule has 1 saturated heterocycles. The third kappa shape index (κ3) is 4.23. The molecule has 6 nitrogen and oxygen atoms in total. The van der Waals surface area contributed by atoms with Crippen LogP contribution >= 0.6 is 11.6 Å². The van der Waals surface area contributed by atoms with Crippen molar-refractivity contribution >= 4 is 30.8 Å². The number of hydrogen-bond acceptors (Lipinski definition) is 6. The van der Waals surface area contributed by atoms with E-state index < -0.39 is 24.3 Å². The Labute approximate surface area is 154 Å². The monoisotopic (exact) mass is 366 g/mol. The van der Waals surface area contributed by atoms with Crippen molar-refractivity contribution < 1.29 is 18.8 Å². The van der Waals surface area contributed by atoms with Crippen molar-refractivity contribution in [3.05, 3.63) is 34.0 Å². The summed E-state index contributed by atoms with van der Waals surface area (Å²) < 4.78 is 16.9. The van der Waals surface area contributed by atoms with Crippen molar-refractivity contribution in [3.63, 3.8) is 0 Å². The molecule has 1 aliphatic heterocycles. The molecule has 1 aromatic heterocycles. The molecule has 0 bridgehead atoms. The summed E-state index contributed by atoms with van der Waals surface area (Å²) in [4.78, 5) is 15.9. The molecule has 0 atom stereocenters. The Hall–Kier alpha value is -1.41. The standard InChI is InChI=1S/C17H24BClN2O4/c1-16(2)17(3,4)25-18(24-16)12(10-20-5)7-11-8-13(15(22)23-6)14(19)21-9-11/h7-9,20H,10H2,1-6H3. The summed E-state index contributed by atoms with van der Waals surface area (Å²) in [5, 5.41) is 3.22. The molecule has 2 rings (SSSR count). The average molecular weight is 367 g/mol. The van der Waals surface area contributed by atoms with Crippen LogP contribution in [0.15, 0.2) is 17.7 Å². The van der Waals surface area contributed by atoms with E-state index in [4.69, 9.17) is 25.6 Å². The number of methoxy groups -OCH3 is 1. The number of nitrogens with one attached hydrogen (secondary N) is 1. The fourth-order valence-corrected chi connectivity index (χ4v) is 2.59. The van der Waals surface area contributed by atoms with E-state index in [1.807, 2.05) is 40.8 Å². The number of halogens is 1. The van der Waals surface area contributed by atoms with E-state index in [9.17, 15) is 4.79 Å². The van der Waals surface area contributed by atoms with Crippen LogP contribution in [0.5, 0.6) is 0 Å². The molecule has 8 heteroatoms. The molecule has 0 amide bonds. The lowest BCUT2D eigenvalue weighted by Gasteiger charge is -2.32. The number of likely N-dealkylation sites (N-methyl/N-ethyl adjacent to an activating group) is 1.